The van der Waals surface area contributed by atoms with Gasteiger partial charge < -0.3 is 9.84 Å². The summed E-state index contributed by atoms with van der Waals surface area (Å²) in [6, 6.07) is 0. The molecule has 76 valence electrons. The first-order chi connectivity index (χ1) is 6.40. The Morgan fingerprint density at radius 1 is 1.50 bits per heavy atom. The van der Waals surface area contributed by atoms with Crippen molar-refractivity contribution in [3.63, 3.8) is 0 Å². The second-order valence-corrected chi connectivity index (χ2v) is 3.82. The van der Waals surface area contributed by atoms with Crippen LogP contribution in [0.15, 0.2) is 14.9 Å². The topological polar surface area (TPSA) is 110 Å². The van der Waals surface area contributed by atoms with Gasteiger partial charge in [0.2, 0.25) is 0 Å². The lowest BCUT2D eigenvalue weighted by atomic mass is 10.3. The average molecular weight is 219 g/mol. The molecule has 0 aliphatic carbocycles. The summed E-state index contributed by atoms with van der Waals surface area (Å²) < 4.78 is 29.2. The zero-order valence-electron chi connectivity index (χ0n) is 6.92. The number of esters is 1. The number of ether oxygens (including phenoxy) is 1. The van der Waals surface area contributed by atoms with E-state index in [0.29, 0.717) is 6.21 Å². The highest BCUT2D eigenvalue weighted by Gasteiger charge is 2.36. The number of nitrogens with zero attached hydrogens (tertiary/aromatic N) is 1. The van der Waals surface area contributed by atoms with Crippen molar-refractivity contribution in [2.24, 2.45) is 4.40 Å². The maximum absolute atomic E-state index is 11.1. The summed E-state index contributed by atoms with van der Waals surface area (Å²) >= 11 is 0. The summed E-state index contributed by atoms with van der Waals surface area (Å²) in [6.45, 7) is 0. The number of aliphatic carboxylic acids is 1. The van der Waals surface area contributed by atoms with Crippen LogP contribution < -0.4 is 0 Å². The Kier molecular flexibility index (Phi) is 2.39. The Morgan fingerprint density at radius 3 is 2.50 bits per heavy atom. The Bertz CT molecular complexity index is 457. The van der Waals surface area contributed by atoms with Gasteiger partial charge in [-0.05, 0) is 0 Å². The fraction of sp³-hybridized carbons (Fsp3) is 0.167. The Balaban J connectivity index is 3.40. The first-order valence-electron chi connectivity index (χ1n) is 3.26. The number of methoxy groups -OCH3 is 1. The quantitative estimate of drug-likeness (QED) is 0.591. The van der Waals surface area contributed by atoms with E-state index in [-0.39, 0.29) is 0 Å². The summed E-state index contributed by atoms with van der Waals surface area (Å²) in [5, 5.41) is 8.54. The van der Waals surface area contributed by atoms with Crippen LogP contribution in [0.2, 0.25) is 0 Å². The van der Waals surface area contributed by atoms with Gasteiger partial charge in [0, 0.05) is 0 Å². The highest BCUT2D eigenvalue weighted by Crippen LogP contribution is 2.21. The zero-order valence-corrected chi connectivity index (χ0v) is 7.74. The van der Waals surface area contributed by atoms with Crippen molar-refractivity contribution in [2.45, 2.75) is 0 Å². The van der Waals surface area contributed by atoms with Crippen molar-refractivity contribution in [1.82, 2.24) is 0 Å². The highest BCUT2D eigenvalue weighted by molar-refractivity contribution is 7.95. The molecule has 7 nitrogen and oxygen atoms in total. The molecule has 0 radical (unpaired) electrons. The molecule has 0 saturated carbocycles. The maximum atomic E-state index is 11.1. The molecule has 0 saturated heterocycles. The predicted molar refractivity (Wildman–Crippen MR) is 44.1 cm³/mol. The number of hydrogen-bond acceptors (Lipinski definition) is 5. The first-order valence-corrected chi connectivity index (χ1v) is 4.70. The fourth-order valence-corrected chi connectivity index (χ4v) is 1.89. The average Bonchev–Trinajstić information content (AvgIpc) is 2.40. The van der Waals surface area contributed by atoms with Crippen LogP contribution in [0.1, 0.15) is 0 Å². The van der Waals surface area contributed by atoms with E-state index in [9.17, 15) is 18.0 Å². The van der Waals surface area contributed by atoms with E-state index in [2.05, 4.69) is 9.13 Å². The van der Waals surface area contributed by atoms with Gasteiger partial charge in [0.1, 0.15) is 5.57 Å². The molecular formula is C6H5NO6S. The van der Waals surface area contributed by atoms with Gasteiger partial charge >= 0.3 is 11.9 Å². The predicted octanol–water partition coefficient (Wildman–Crippen LogP) is -1.09. The third-order valence-corrected chi connectivity index (χ3v) is 2.71. The minimum absolute atomic E-state index is 0.601. The summed E-state index contributed by atoms with van der Waals surface area (Å²) in [6.07, 6.45) is 0.601. The summed E-state index contributed by atoms with van der Waals surface area (Å²) in [5.74, 6) is -2.78. The standard InChI is InChI=1S/C6H5NO6S/c1-13-6(10)4-3(5(8)9)2-7-14(4,11)12/h2H,1H3,(H,8,9). The third kappa shape index (κ3) is 1.51. The summed E-state index contributed by atoms with van der Waals surface area (Å²) in [4.78, 5) is 20.5. The lowest BCUT2D eigenvalue weighted by Crippen LogP contribution is -2.15. The molecule has 14 heavy (non-hydrogen) atoms. The Hall–Kier alpha value is -1.70. The van der Waals surface area contributed by atoms with Gasteiger partial charge in [0.15, 0.2) is 4.91 Å². The third-order valence-electron chi connectivity index (χ3n) is 1.42. The molecule has 1 aliphatic heterocycles. The number of carboxylic acid groups (broad SMARTS) is 1. The molecule has 0 atom stereocenters. The molecular weight excluding hydrogens is 214 g/mol. The van der Waals surface area contributed by atoms with Crippen LogP contribution >= 0.6 is 0 Å². The molecule has 0 amide bonds. The van der Waals surface area contributed by atoms with E-state index in [1.165, 1.54) is 0 Å². The van der Waals surface area contributed by atoms with Crippen molar-refractivity contribution >= 4 is 28.2 Å². The van der Waals surface area contributed by atoms with Crippen molar-refractivity contribution in [2.75, 3.05) is 7.11 Å². The van der Waals surface area contributed by atoms with E-state index in [1.54, 1.807) is 0 Å². The molecule has 0 spiro atoms. The maximum Gasteiger partial charge on any atom is 0.352 e. The van der Waals surface area contributed by atoms with Crippen molar-refractivity contribution in [1.29, 1.82) is 0 Å². The number of sulfonamides is 1. The van der Waals surface area contributed by atoms with Gasteiger partial charge in [0.25, 0.3) is 10.0 Å². The zero-order chi connectivity index (χ0) is 10.9. The normalized spacial score (nSPS) is 18.4. The lowest BCUT2D eigenvalue weighted by molar-refractivity contribution is -0.137. The summed E-state index contributed by atoms with van der Waals surface area (Å²) in [5.41, 5.74) is -0.683. The van der Waals surface area contributed by atoms with E-state index in [1.807, 2.05) is 0 Å². The minimum Gasteiger partial charge on any atom is -0.478 e. The summed E-state index contributed by atoms with van der Waals surface area (Å²) in [7, 11) is -3.25. The van der Waals surface area contributed by atoms with Gasteiger partial charge in [0.05, 0.1) is 13.3 Å². The Labute approximate surface area is 78.8 Å². The lowest BCUT2D eigenvalue weighted by Gasteiger charge is -1.99. The molecule has 0 unspecified atom stereocenters. The van der Waals surface area contributed by atoms with E-state index in [0.717, 1.165) is 7.11 Å². The molecule has 0 aromatic carbocycles. The first kappa shape index (κ1) is 10.4. The van der Waals surface area contributed by atoms with Gasteiger partial charge in [-0.1, -0.05) is 0 Å². The van der Waals surface area contributed by atoms with Crippen LogP contribution in [0.25, 0.3) is 0 Å². The number of carbonyl (C=O) groups excluding carboxylic acids is 1. The molecule has 1 heterocycles. The van der Waals surface area contributed by atoms with Crippen LogP contribution in [0.5, 0.6) is 0 Å². The molecule has 0 aromatic heterocycles. The second kappa shape index (κ2) is 3.22. The van der Waals surface area contributed by atoms with Crippen LogP contribution in [0.4, 0.5) is 0 Å². The van der Waals surface area contributed by atoms with E-state index >= 15 is 0 Å². The molecule has 0 aromatic rings. The van der Waals surface area contributed by atoms with Crippen LogP contribution in [0, 0.1) is 0 Å². The van der Waals surface area contributed by atoms with Crippen LogP contribution in [-0.2, 0) is 24.3 Å². The van der Waals surface area contributed by atoms with E-state index in [4.69, 9.17) is 5.11 Å². The number of carbonyl (C=O) groups is 2. The molecule has 1 aliphatic rings. The largest absolute Gasteiger partial charge is 0.478 e. The highest BCUT2D eigenvalue weighted by atomic mass is 32.2. The molecule has 0 bridgehead atoms. The monoisotopic (exact) mass is 219 g/mol. The Morgan fingerprint density at radius 2 is 2.07 bits per heavy atom. The number of hydrogen-bond donors (Lipinski definition) is 1. The molecule has 0 fully saturated rings. The van der Waals surface area contributed by atoms with Crippen molar-refractivity contribution in [3.8, 4) is 0 Å². The van der Waals surface area contributed by atoms with Gasteiger partial charge in [-0.2, -0.15) is 12.8 Å². The minimum atomic E-state index is -4.20. The van der Waals surface area contributed by atoms with E-state index < -0.39 is 32.4 Å². The SMILES string of the molecule is COC(=O)C1=C(C(=O)O)C=NS1(=O)=O. The number of carboxylic acids is 1. The molecule has 1 rings (SSSR count). The fourth-order valence-electron chi connectivity index (χ4n) is 0.833. The van der Waals surface area contributed by atoms with Gasteiger partial charge in [-0.3, -0.25) is 0 Å². The van der Waals surface area contributed by atoms with Crippen LogP contribution in [-0.4, -0.2) is 38.8 Å². The van der Waals surface area contributed by atoms with Crippen molar-refractivity contribution in [3.05, 3.63) is 10.5 Å². The number of rotatable bonds is 2. The molecule has 8 heteroatoms. The second-order valence-electron chi connectivity index (χ2n) is 2.25. The van der Waals surface area contributed by atoms with Crippen LogP contribution in [0.3, 0.4) is 0 Å². The molecule has 1 N–H and O–H groups in total. The van der Waals surface area contributed by atoms with Crippen molar-refractivity contribution < 1.29 is 27.9 Å². The van der Waals surface area contributed by atoms with Gasteiger partial charge in [-0.15, -0.1) is 0 Å². The smallest absolute Gasteiger partial charge is 0.352 e. The van der Waals surface area contributed by atoms with Gasteiger partial charge in [-0.25, -0.2) is 9.59 Å².